The Morgan fingerprint density at radius 3 is 2.47 bits per heavy atom. The van der Waals surface area contributed by atoms with Gasteiger partial charge in [0.25, 0.3) is 5.91 Å². The van der Waals surface area contributed by atoms with E-state index in [4.69, 9.17) is 9.15 Å². The third-order valence-corrected chi connectivity index (χ3v) is 6.51. The third-order valence-electron chi connectivity index (χ3n) is 6.51. The number of hydrogen-bond donors (Lipinski definition) is 0. The zero-order chi connectivity index (χ0) is 24.1. The van der Waals surface area contributed by atoms with Crippen molar-refractivity contribution in [3.63, 3.8) is 0 Å². The number of benzene rings is 2. The second-order valence-corrected chi connectivity index (χ2v) is 8.89. The van der Waals surface area contributed by atoms with Crippen molar-refractivity contribution in [2.24, 2.45) is 0 Å². The second kappa shape index (κ2) is 10.8. The van der Waals surface area contributed by atoms with E-state index < -0.39 is 0 Å². The second-order valence-electron chi connectivity index (χ2n) is 8.89. The Labute approximate surface area is 200 Å². The fraction of sp³-hybridized carbons (Fsp3) is 0.370. The number of amides is 1. The van der Waals surface area contributed by atoms with E-state index in [1.54, 1.807) is 30.3 Å². The lowest BCUT2D eigenvalue weighted by molar-refractivity contribution is -0.134. The number of carbonyl (C=O) groups is 1. The van der Waals surface area contributed by atoms with Crippen molar-refractivity contribution in [2.75, 3.05) is 46.9 Å². The van der Waals surface area contributed by atoms with Crippen molar-refractivity contribution in [3.05, 3.63) is 78.0 Å². The fourth-order valence-corrected chi connectivity index (χ4v) is 4.09. The largest absolute Gasteiger partial charge is 0.483 e. The van der Waals surface area contributed by atoms with Gasteiger partial charge in [0.1, 0.15) is 17.3 Å². The summed E-state index contributed by atoms with van der Waals surface area (Å²) in [5.74, 6) is 1.04. The minimum Gasteiger partial charge on any atom is -0.483 e. The number of nitrogens with zero attached hydrogens (tertiary/aromatic N) is 3. The molecule has 1 amide bonds. The Balaban J connectivity index is 1.50. The van der Waals surface area contributed by atoms with E-state index in [9.17, 15) is 9.18 Å². The highest BCUT2D eigenvalue weighted by Crippen LogP contribution is 2.29. The van der Waals surface area contributed by atoms with Gasteiger partial charge >= 0.3 is 0 Å². The molecule has 4 rings (SSSR count). The van der Waals surface area contributed by atoms with Crippen LogP contribution >= 0.6 is 0 Å². The summed E-state index contributed by atoms with van der Waals surface area (Å²) in [4.78, 5) is 19.2. The maximum absolute atomic E-state index is 13.4. The zero-order valence-electron chi connectivity index (χ0n) is 20.0. The molecule has 2 aromatic carbocycles. The van der Waals surface area contributed by atoms with E-state index >= 15 is 0 Å². The third kappa shape index (κ3) is 5.85. The van der Waals surface area contributed by atoms with Crippen molar-refractivity contribution >= 4 is 5.91 Å². The van der Waals surface area contributed by atoms with Crippen molar-refractivity contribution in [2.45, 2.75) is 19.5 Å². The van der Waals surface area contributed by atoms with Gasteiger partial charge in [0, 0.05) is 45.3 Å². The van der Waals surface area contributed by atoms with Gasteiger partial charge in [-0.25, -0.2) is 4.39 Å². The molecule has 1 aromatic heterocycles. The molecule has 2 heterocycles. The normalized spacial score (nSPS) is 15.8. The summed E-state index contributed by atoms with van der Waals surface area (Å²) in [5, 5.41) is 0. The molecule has 1 fully saturated rings. The van der Waals surface area contributed by atoms with Gasteiger partial charge < -0.3 is 19.0 Å². The summed E-state index contributed by atoms with van der Waals surface area (Å²) < 4.78 is 24.9. The molecule has 34 heavy (non-hydrogen) atoms. The van der Waals surface area contributed by atoms with Crippen LogP contribution in [0.4, 0.5) is 4.39 Å². The number of piperazine rings is 1. The molecule has 3 aromatic rings. The summed E-state index contributed by atoms with van der Waals surface area (Å²) >= 11 is 0. The zero-order valence-corrected chi connectivity index (χ0v) is 20.0. The molecule has 0 bridgehead atoms. The molecule has 1 aliphatic rings. The number of hydrogen-bond acceptors (Lipinski definition) is 5. The molecule has 1 saturated heterocycles. The highest BCUT2D eigenvalue weighted by molar-refractivity contribution is 5.78. The Morgan fingerprint density at radius 2 is 1.79 bits per heavy atom. The molecule has 0 spiro atoms. The molecule has 0 N–H and O–H groups in total. The van der Waals surface area contributed by atoms with Crippen molar-refractivity contribution in [1.29, 1.82) is 0 Å². The van der Waals surface area contributed by atoms with Gasteiger partial charge in [0.15, 0.2) is 6.61 Å². The van der Waals surface area contributed by atoms with E-state index in [0.29, 0.717) is 5.75 Å². The molecule has 0 aliphatic carbocycles. The van der Waals surface area contributed by atoms with Gasteiger partial charge in [0.2, 0.25) is 0 Å². The summed E-state index contributed by atoms with van der Waals surface area (Å²) in [6.07, 6.45) is 1.61. The van der Waals surface area contributed by atoms with Gasteiger partial charge in [-0.2, -0.15) is 0 Å². The van der Waals surface area contributed by atoms with E-state index in [-0.39, 0.29) is 24.4 Å². The van der Waals surface area contributed by atoms with Crippen LogP contribution in [0.15, 0.2) is 65.3 Å². The standard InChI is InChI=1S/C27H32FN3O3/c1-20(25-5-4-16-33-25)30(3)27(32)19-34-26-11-8-22(21-6-9-24(28)10-7-21)17-23(26)18-31-14-12-29(2)13-15-31/h4-11,16-17,20H,12-15,18-19H2,1-3H3/t20-/m0/s1. The molecule has 1 atom stereocenters. The summed E-state index contributed by atoms with van der Waals surface area (Å²) in [6, 6.07) is 15.9. The van der Waals surface area contributed by atoms with Crippen LogP contribution in [0, 0.1) is 5.82 Å². The predicted molar refractivity (Wildman–Crippen MR) is 130 cm³/mol. The summed E-state index contributed by atoms with van der Waals surface area (Å²) in [5.41, 5.74) is 2.95. The molecular formula is C27H32FN3O3. The molecular weight excluding hydrogens is 433 g/mol. The number of ether oxygens (including phenoxy) is 1. The lowest BCUT2D eigenvalue weighted by atomic mass is 10.0. The Kier molecular flexibility index (Phi) is 7.65. The first-order valence-electron chi connectivity index (χ1n) is 11.6. The van der Waals surface area contributed by atoms with Gasteiger partial charge in [-0.15, -0.1) is 0 Å². The Bertz CT molecular complexity index is 1080. The van der Waals surface area contributed by atoms with Gasteiger partial charge in [-0.1, -0.05) is 18.2 Å². The maximum atomic E-state index is 13.4. The van der Waals surface area contributed by atoms with Crippen LogP contribution in [0.1, 0.15) is 24.3 Å². The van der Waals surface area contributed by atoms with Crippen LogP contribution in [-0.4, -0.2) is 67.5 Å². The highest BCUT2D eigenvalue weighted by atomic mass is 19.1. The first-order chi connectivity index (χ1) is 16.4. The Hall–Kier alpha value is -3.16. The van der Waals surface area contributed by atoms with E-state index in [0.717, 1.165) is 55.2 Å². The van der Waals surface area contributed by atoms with Gasteiger partial charge in [-0.3, -0.25) is 9.69 Å². The van der Waals surface area contributed by atoms with Crippen LogP contribution in [0.5, 0.6) is 5.75 Å². The van der Waals surface area contributed by atoms with E-state index in [2.05, 4.69) is 22.9 Å². The van der Waals surface area contributed by atoms with Crippen LogP contribution in [0.3, 0.4) is 0 Å². The number of halogens is 1. The topological polar surface area (TPSA) is 49.2 Å². The SMILES string of the molecule is C[C@@H](c1ccco1)N(C)C(=O)COc1ccc(-c2ccc(F)cc2)cc1CN1CCN(C)CC1. The monoisotopic (exact) mass is 465 g/mol. The Morgan fingerprint density at radius 1 is 1.09 bits per heavy atom. The number of rotatable bonds is 8. The maximum Gasteiger partial charge on any atom is 0.260 e. The molecule has 7 heteroatoms. The lowest BCUT2D eigenvalue weighted by Gasteiger charge is -2.32. The first kappa shape index (κ1) is 24.0. The quantitative estimate of drug-likeness (QED) is 0.493. The first-order valence-corrected chi connectivity index (χ1v) is 11.6. The summed E-state index contributed by atoms with van der Waals surface area (Å²) in [6.45, 7) is 6.56. The fourth-order valence-electron chi connectivity index (χ4n) is 4.09. The van der Waals surface area contributed by atoms with Crippen LogP contribution in [0.2, 0.25) is 0 Å². The van der Waals surface area contributed by atoms with Crippen molar-refractivity contribution in [1.82, 2.24) is 14.7 Å². The van der Waals surface area contributed by atoms with Crippen LogP contribution in [0.25, 0.3) is 11.1 Å². The van der Waals surface area contributed by atoms with E-state index in [1.807, 2.05) is 31.2 Å². The predicted octanol–water partition coefficient (Wildman–Crippen LogP) is 4.43. The van der Waals surface area contributed by atoms with Crippen molar-refractivity contribution < 1.29 is 18.3 Å². The molecule has 6 nitrogen and oxygen atoms in total. The smallest absolute Gasteiger partial charge is 0.260 e. The lowest BCUT2D eigenvalue weighted by Crippen LogP contribution is -2.43. The van der Waals surface area contributed by atoms with Crippen molar-refractivity contribution in [3.8, 4) is 16.9 Å². The molecule has 180 valence electrons. The number of likely N-dealkylation sites (N-methyl/N-ethyl adjacent to an activating group) is 2. The highest BCUT2D eigenvalue weighted by Gasteiger charge is 2.21. The van der Waals surface area contributed by atoms with Crippen LogP contribution in [-0.2, 0) is 11.3 Å². The molecule has 0 radical (unpaired) electrons. The molecule has 0 saturated carbocycles. The summed E-state index contributed by atoms with van der Waals surface area (Å²) in [7, 11) is 3.88. The average molecular weight is 466 g/mol. The minimum absolute atomic E-state index is 0.0623. The van der Waals surface area contributed by atoms with Gasteiger partial charge in [0.05, 0.1) is 12.3 Å². The van der Waals surface area contributed by atoms with Crippen LogP contribution < -0.4 is 4.74 Å². The van der Waals surface area contributed by atoms with Gasteiger partial charge in [-0.05, 0) is 61.5 Å². The average Bonchev–Trinajstić information content (AvgIpc) is 3.39. The molecule has 0 unspecified atom stereocenters. The minimum atomic E-state index is -0.257. The molecule has 1 aliphatic heterocycles. The van der Waals surface area contributed by atoms with E-state index in [1.165, 1.54) is 12.1 Å². The number of furan rings is 1. The number of carbonyl (C=O) groups excluding carboxylic acids is 1.